The van der Waals surface area contributed by atoms with Gasteiger partial charge in [0, 0.05) is 0 Å². The lowest BCUT2D eigenvalue weighted by Crippen LogP contribution is -2.37. The van der Waals surface area contributed by atoms with E-state index in [0.717, 1.165) is 61.4 Å². The minimum absolute atomic E-state index is 0.0280. The van der Waals surface area contributed by atoms with Crippen molar-refractivity contribution in [3.63, 3.8) is 0 Å². The number of carbonyl (C=O) groups is 5. The quantitative estimate of drug-likeness (QED) is 0.00812. The Hall–Kier alpha value is -5.20. The third-order valence-electron chi connectivity index (χ3n) is 12.0. The first kappa shape index (κ1) is 62.3. The highest BCUT2D eigenvalue weighted by atomic mass is 35.5. The third-order valence-corrected chi connectivity index (χ3v) is 13.6. The standard InChI is InChI=1S/C56H77Cl2N5O11S/c1-4-7-9-11-13-15-17-19-21-23-33-72-56(68)44-28-32-47(58)49(38-44)61-54(66)52(53(65)60-48-37-42(25-31-46(48)57)40-74-73-34-24-22-20-18-16-14-12-10-8-5-2)63-50(39-59-62-63)75-41-51(64)71-36-35-70-45-29-26-43(27-30-45)55(67)69-6-3/h25-32,37-39,52H,4-24,33-36,40-41H2,1-3H3,(H,60,65)(H,61,66). The highest BCUT2D eigenvalue weighted by Crippen LogP contribution is 2.29. The molecule has 75 heavy (non-hydrogen) atoms. The fourth-order valence-electron chi connectivity index (χ4n) is 7.81. The average Bonchev–Trinajstić information content (AvgIpc) is 3.87. The van der Waals surface area contributed by atoms with Crippen molar-refractivity contribution >= 4 is 76.1 Å². The molecule has 0 bridgehead atoms. The van der Waals surface area contributed by atoms with Crippen molar-refractivity contribution in [1.29, 1.82) is 0 Å². The fraction of sp³-hybridized carbons (Fsp3) is 0.554. The van der Waals surface area contributed by atoms with Crippen LogP contribution in [0.1, 0.15) is 182 Å². The summed E-state index contributed by atoms with van der Waals surface area (Å²) in [4.78, 5) is 77.7. The molecule has 2 amide bonds. The zero-order valence-corrected chi connectivity index (χ0v) is 46.3. The first-order valence-electron chi connectivity index (χ1n) is 26.7. The van der Waals surface area contributed by atoms with Crippen LogP contribution < -0.4 is 15.4 Å². The van der Waals surface area contributed by atoms with E-state index in [1.165, 1.54) is 108 Å². The number of rotatable bonds is 40. The molecule has 1 aromatic heterocycles. The molecule has 412 valence electrons. The number of hydrogen-bond acceptors (Lipinski definition) is 14. The molecule has 16 nitrogen and oxygen atoms in total. The third kappa shape index (κ3) is 24.6. The molecule has 0 radical (unpaired) electrons. The summed E-state index contributed by atoms with van der Waals surface area (Å²) in [7, 11) is 0. The molecular weight excluding hydrogens is 1020 g/mol. The maximum absolute atomic E-state index is 14.4. The Kier molecular flexibility index (Phi) is 31.2. The van der Waals surface area contributed by atoms with Crippen LogP contribution in [0.25, 0.3) is 0 Å². The van der Waals surface area contributed by atoms with E-state index in [1.54, 1.807) is 49.4 Å². The van der Waals surface area contributed by atoms with Crippen molar-refractivity contribution in [3.8, 4) is 5.75 Å². The van der Waals surface area contributed by atoms with Crippen molar-refractivity contribution in [1.82, 2.24) is 15.0 Å². The van der Waals surface area contributed by atoms with Gasteiger partial charge in [0.25, 0.3) is 11.8 Å². The van der Waals surface area contributed by atoms with Crippen molar-refractivity contribution in [2.75, 3.05) is 49.4 Å². The Morgan fingerprint density at radius 3 is 1.71 bits per heavy atom. The highest BCUT2D eigenvalue weighted by molar-refractivity contribution is 7.99. The summed E-state index contributed by atoms with van der Waals surface area (Å²) in [5, 5.41) is 13.9. The Bertz CT molecular complexity index is 2320. The van der Waals surface area contributed by atoms with Gasteiger partial charge in [-0.1, -0.05) is 176 Å². The van der Waals surface area contributed by atoms with Crippen LogP contribution in [-0.2, 0) is 45.0 Å². The predicted molar refractivity (Wildman–Crippen MR) is 294 cm³/mol. The number of amides is 2. The van der Waals surface area contributed by atoms with Gasteiger partial charge in [-0.05, 0) is 79.9 Å². The Morgan fingerprint density at radius 2 is 1.11 bits per heavy atom. The second-order valence-corrected chi connectivity index (χ2v) is 19.9. The zero-order valence-electron chi connectivity index (χ0n) is 44.0. The molecule has 1 unspecified atom stereocenters. The summed E-state index contributed by atoms with van der Waals surface area (Å²) in [5.74, 6) is -3.21. The van der Waals surface area contributed by atoms with E-state index in [9.17, 15) is 24.0 Å². The van der Waals surface area contributed by atoms with Gasteiger partial charge < -0.3 is 29.6 Å². The molecule has 0 saturated carbocycles. The molecule has 0 spiro atoms. The van der Waals surface area contributed by atoms with Crippen LogP contribution in [-0.4, -0.2) is 83.5 Å². The summed E-state index contributed by atoms with van der Waals surface area (Å²) in [5.41, 5.74) is 1.37. The van der Waals surface area contributed by atoms with E-state index >= 15 is 0 Å². The number of ether oxygens (including phenoxy) is 4. The van der Waals surface area contributed by atoms with Crippen LogP contribution in [0.2, 0.25) is 10.0 Å². The summed E-state index contributed by atoms with van der Waals surface area (Å²) >= 11 is 14.1. The number of nitrogens with zero attached hydrogens (tertiary/aromatic N) is 3. The summed E-state index contributed by atoms with van der Waals surface area (Å²) in [6, 6.07) is 13.8. The number of hydrogen-bond donors (Lipinski definition) is 2. The van der Waals surface area contributed by atoms with E-state index in [2.05, 4.69) is 34.8 Å². The monoisotopic (exact) mass is 1100 g/mol. The molecule has 3 aromatic carbocycles. The summed E-state index contributed by atoms with van der Waals surface area (Å²) in [6.07, 6.45) is 24.8. The molecule has 19 heteroatoms. The number of carbonyl (C=O) groups excluding carboxylic acids is 5. The van der Waals surface area contributed by atoms with Gasteiger partial charge in [-0.2, -0.15) is 0 Å². The number of anilines is 2. The molecule has 1 atom stereocenters. The number of nitrogens with one attached hydrogen (secondary N) is 2. The van der Waals surface area contributed by atoms with Gasteiger partial charge in [-0.25, -0.2) is 24.0 Å². The molecule has 1 heterocycles. The van der Waals surface area contributed by atoms with E-state index in [4.69, 9.17) is 51.9 Å². The summed E-state index contributed by atoms with van der Waals surface area (Å²) < 4.78 is 22.6. The number of thioether (sulfide) groups is 1. The Morgan fingerprint density at radius 1 is 0.573 bits per heavy atom. The molecule has 2 N–H and O–H groups in total. The first-order valence-corrected chi connectivity index (χ1v) is 28.5. The van der Waals surface area contributed by atoms with Crippen LogP contribution in [0.5, 0.6) is 5.75 Å². The van der Waals surface area contributed by atoms with E-state index in [-0.39, 0.29) is 70.8 Å². The largest absolute Gasteiger partial charge is 0.490 e. The van der Waals surface area contributed by atoms with Crippen molar-refractivity contribution in [2.24, 2.45) is 0 Å². The minimum atomic E-state index is -1.75. The lowest BCUT2D eigenvalue weighted by atomic mass is 10.1. The highest BCUT2D eigenvalue weighted by Gasteiger charge is 2.33. The number of unbranched alkanes of at least 4 members (excludes halogenated alkanes) is 18. The molecule has 4 rings (SSSR count). The van der Waals surface area contributed by atoms with E-state index in [0.29, 0.717) is 23.5 Å². The number of halogens is 2. The normalized spacial score (nSPS) is 11.5. The molecule has 4 aromatic rings. The maximum atomic E-state index is 14.4. The van der Waals surface area contributed by atoms with Crippen LogP contribution >= 0.6 is 35.0 Å². The molecular formula is C56H77Cl2N5O11S. The second kappa shape index (κ2) is 37.5. The van der Waals surface area contributed by atoms with Crippen molar-refractivity contribution in [2.45, 2.75) is 167 Å². The topological polar surface area (TPSA) is 195 Å². The van der Waals surface area contributed by atoms with Crippen LogP contribution in [0.3, 0.4) is 0 Å². The Balaban J connectivity index is 1.38. The van der Waals surface area contributed by atoms with Gasteiger partial charge >= 0.3 is 17.9 Å². The number of benzene rings is 3. The van der Waals surface area contributed by atoms with Gasteiger partial charge in [-0.15, -0.1) is 5.10 Å². The SMILES string of the molecule is CCCCCCCCCCCCOOCc1ccc(Cl)c(NC(=O)C(C(=O)Nc2cc(C(=O)OCCCCCCCCCCCC)ccc2Cl)n2nncc2SCC(=O)OCCOc2ccc(C(=O)OCC)cc2)c1. The van der Waals surface area contributed by atoms with Crippen molar-refractivity contribution < 1.29 is 52.7 Å². The maximum Gasteiger partial charge on any atom is 0.338 e. The summed E-state index contributed by atoms with van der Waals surface area (Å²) in [6.45, 7) is 7.11. The molecule has 0 aliphatic rings. The fourth-order valence-corrected chi connectivity index (χ4v) is 8.89. The lowest BCUT2D eigenvalue weighted by Gasteiger charge is -2.20. The average molecular weight is 1100 g/mol. The smallest absolute Gasteiger partial charge is 0.338 e. The number of aromatic nitrogens is 3. The second-order valence-electron chi connectivity index (χ2n) is 18.1. The van der Waals surface area contributed by atoms with E-state index in [1.807, 2.05) is 0 Å². The van der Waals surface area contributed by atoms with Gasteiger partial charge in [0.15, 0.2) is 0 Å². The van der Waals surface area contributed by atoms with Crippen LogP contribution in [0.4, 0.5) is 11.4 Å². The van der Waals surface area contributed by atoms with E-state index < -0.39 is 35.8 Å². The lowest BCUT2D eigenvalue weighted by molar-refractivity contribution is -0.304. The van der Waals surface area contributed by atoms with Crippen LogP contribution in [0.15, 0.2) is 71.9 Å². The molecule has 0 saturated heterocycles. The van der Waals surface area contributed by atoms with Crippen molar-refractivity contribution in [3.05, 3.63) is 93.6 Å². The zero-order chi connectivity index (χ0) is 53.9. The van der Waals surface area contributed by atoms with Gasteiger partial charge in [0.1, 0.15) is 30.6 Å². The Labute approximate surface area is 457 Å². The van der Waals surface area contributed by atoms with Gasteiger partial charge in [0.2, 0.25) is 6.04 Å². The van der Waals surface area contributed by atoms with Gasteiger partial charge in [-0.3, -0.25) is 14.4 Å². The molecule has 0 fully saturated rings. The number of esters is 3. The molecule has 0 aliphatic heterocycles. The van der Waals surface area contributed by atoms with Gasteiger partial charge in [0.05, 0.1) is 64.3 Å². The molecule has 0 aliphatic carbocycles. The first-order chi connectivity index (χ1) is 36.5. The minimum Gasteiger partial charge on any atom is -0.490 e. The van der Waals surface area contributed by atoms with Crippen LogP contribution in [0, 0.1) is 0 Å². The predicted octanol–water partition coefficient (Wildman–Crippen LogP) is 13.7.